The third-order valence-electron chi connectivity index (χ3n) is 2.96. The van der Waals surface area contributed by atoms with Gasteiger partial charge in [0, 0.05) is 12.8 Å². The van der Waals surface area contributed by atoms with Crippen molar-refractivity contribution in [2.45, 2.75) is 18.2 Å². The molecule has 0 saturated carbocycles. The lowest BCUT2D eigenvalue weighted by Gasteiger charge is -2.14. The highest BCUT2D eigenvalue weighted by atomic mass is 32.2. The molecular weight excluding hydrogens is 316 g/mol. The number of benzene rings is 1. The molecule has 1 N–H and O–H groups in total. The van der Waals surface area contributed by atoms with Gasteiger partial charge in [0.2, 0.25) is 5.16 Å². The van der Waals surface area contributed by atoms with Crippen LogP contribution in [0, 0.1) is 0 Å². The first-order valence-electron chi connectivity index (χ1n) is 7.10. The average Bonchev–Trinajstić information content (AvgIpc) is 2.97. The van der Waals surface area contributed by atoms with Crippen molar-refractivity contribution in [3.8, 4) is 11.5 Å². The van der Waals surface area contributed by atoms with E-state index in [-0.39, 0.29) is 6.61 Å². The summed E-state index contributed by atoms with van der Waals surface area (Å²) in [5.74, 6) is 1.68. The van der Waals surface area contributed by atoms with E-state index in [9.17, 15) is 5.11 Å². The molecule has 1 aromatic heterocycles. The maximum atomic E-state index is 10.0. The molecule has 8 heteroatoms. The second-order valence-electron chi connectivity index (χ2n) is 4.77. The van der Waals surface area contributed by atoms with Gasteiger partial charge in [-0.05, 0) is 35.0 Å². The van der Waals surface area contributed by atoms with Crippen LogP contribution < -0.4 is 9.47 Å². The van der Waals surface area contributed by atoms with Crippen LogP contribution in [0.1, 0.15) is 12.5 Å². The lowest BCUT2D eigenvalue weighted by molar-refractivity contribution is 0.124. The lowest BCUT2D eigenvalue weighted by Crippen LogP contribution is -2.20. The normalized spacial score (nSPS) is 12.5. The number of hydrogen-bond donors (Lipinski definition) is 1. The number of tetrazole rings is 1. The number of hydrogen-bond acceptors (Lipinski definition) is 7. The van der Waals surface area contributed by atoms with E-state index in [0.29, 0.717) is 22.4 Å². The summed E-state index contributed by atoms with van der Waals surface area (Å²) in [4.78, 5) is 0. The number of aromatic nitrogens is 4. The van der Waals surface area contributed by atoms with Crippen molar-refractivity contribution in [3.63, 3.8) is 0 Å². The van der Waals surface area contributed by atoms with Crippen LogP contribution in [-0.2, 0) is 7.05 Å². The summed E-state index contributed by atoms with van der Waals surface area (Å²) in [5, 5.41) is 21.8. The topological polar surface area (TPSA) is 82.3 Å². The van der Waals surface area contributed by atoms with E-state index in [1.165, 1.54) is 11.8 Å². The SMILES string of the molecule is C/C=C/c1ccc(OCC(O)CSc2nnnn2C)c(OC)c1. The Morgan fingerprint density at radius 1 is 1.39 bits per heavy atom. The van der Waals surface area contributed by atoms with E-state index >= 15 is 0 Å². The molecular formula is C15H20N4O3S. The lowest BCUT2D eigenvalue weighted by atomic mass is 10.2. The Kier molecular flexibility index (Phi) is 6.42. The van der Waals surface area contributed by atoms with E-state index < -0.39 is 6.10 Å². The summed E-state index contributed by atoms with van der Waals surface area (Å²) in [6.45, 7) is 2.12. The first-order valence-corrected chi connectivity index (χ1v) is 8.09. The molecule has 1 unspecified atom stereocenters. The number of methoxy groups -OCH3 is 1. The van der Waals surface area contributed by atoms with Crippen molar-refractivity contribution in [1.29, 1.82) is 0 Å². The zero-order valence-corrected chi connectivity index (χ0v) is 14.2. The standard InChI is InChI=1S/C15H20N4O3S/c1-4-5-11-6-7-13(14(8-11)21-3)22-9-12(20)10-23-15-16-17-18-19(15)2/h4-8,12,20H,9-10H2,1-3H3/b5-4+. The molecule has 1 atom stereocenters. The van der Waals surface area contributed by atoms with Crippen molar-refractivity contribution < 1.29 is 14.6 Å². The smallest absolute Gasteiger partial charge is 0.209 e. The van der Waals surface area contributed by atoms with Crippen LogP contribution in [0.4, 0.5) is 0 Å². The van der Waals surface area contributed by atoms with Gasteiger partial charge in [0.25, 0.3) is 0 Å². The summed E-state index contributed by atoms with van der Waals surface area (Å²) in [6, 6.07) is 5.66. The average molecular weight is 336 g/mol. The maximum absolute atomic E-state index is 10.0. The highest BCUT2D eigenvalue weighted by Crippen LogP contribution is 2.29. The maximum Gasteiger partial charge on any atom is 0.209 e. The van der Waals surface area contributed by atoms with Crippen LogP contribution in [0.3, 0.4) is 0 Å². The first kappa shape index (κ1) is 17.3. The van der Waals surface area contributed by atoms with Gasteiger partial charge in [0.15, 0.2) is 11.5 Å². The predicted molar refractivity (Wildman–Crippen MR) is 88.7 cm³/mol. The van der Waals surface area contributed by atoms with Crippen LogP contribution >= 0.6 is 11.8 Å². The summed E-state index contributed by atoms with van der Waals surface area (Å²) in [6.07, 6.45) is 3.29. The van der Waals surface area contributed by atoms with Gasteiger partial charge in [-0.15, -0.1) is 5.10 Å². The minimum atomic E-state index is -0.642. The summed E-state index contributed by atoms with van der Waals surface area (Å²) < 4.78 is 12.5. The van der Waals surface area contributed by atoms with Crippen LogP contribution in [0.2, 0.25) is 0 Å². The number of ether oxygens (including phenoxy) is 2. The number of allylic oxidation sites excluding steroid dienone is 1. The fraction of sp³-hybridized carbons (Fsp3) is 0.400. The molecule has 124 valence electrons. The predicted octanol–water partition coefficient (Wildman–Crippen LogP) is 1.78. The number of aliphatic hydroxyl groups is 1. The van der Waals surface area contributed by atoms with Crippen molar-refractivity contribution in [3.05, 3.63) is 29.8 Å². The Morgan fingerprint density at radius 3 is 2.87 bits per heavy atom. The number of aryl methyl sites for hydroxylation is 1. The molecule has 0 bridgehead atoms. The molecule has 23 heavy (non-hydrogen) atoms. The number of aliphatic hydroxyl groups excluding tert-OH is 1. The molecule has 7 nitrogen and oxygen atoms in total. The summed E-state index contributed by atoms with van der Waals surface area (Å²) >= 11 is 1.37. The zero-order valence-electron chi connectivity index (χ0n) is 13.3. The molecule has 1 aromatic carbocycles. The van der Waals surface area contributed by atoms with E-state index in [4.69, 9.17) is 9.47 Å². The Hall–Kier alpha value is -2.06. The van der Waals surface area contributed by atoms with Gasteiger partial charge in [0.1, 0.15) is 6.61 Å². The Balaban J connectivity index is 1.88. The van der Waals surface area contributed by atoms with E-state index in [2.05, 4.69) is 15.5 Å². The van der Waals surface area contributed by atoms with Gasteiger partial charge in [-0.2, -0.15) is 0 Å². The molecule has 0 spiro atoms. The molecule has 0 aliphatic heterocycles. The molecule has 0 amide bonds. The van der Waals surface area contributed by atoms with Crippen molar-refractivity contribution in [2.24, 2.45) is 7.05 Å². The van der Waals surface area contributed by atoms with E-state index in [1.54, 1.807) is 18.8 Å². The largest absolute Gasteiger partial charge is 0.493 e. The molecule has 2 aromatic rings. The Bertz CT molecular complexity index is 660. The van der Waals surface area contributed by atoms with Crippen molar-refractivity contribution in [2.75, 3.05) is 19.5 Å². The van der Waals surface area contributed by atoms with Gasteiger partial charge in [0.05, 0.1) is 13.2 Å². The van der Waals surface area contributed by atoms with Gasteiger partial charge in [-0.1, -0.05) is 30.0 Å². The van der Waals surface area contributed by atoms with Gasteiger partial charge >= 0.3 is 0 Å². The fourth-order valence-corrected chi connectivity index (χ4v) is 2.60. The highest BCUT2D eigenvalue weighted by Gasteiger charge is 2.12. The number of rotatable bonds is 8. The second kappa shape index (κ2) is 8.54. The molecule has 0 aliphatic rings. The van der Waals surface area contributed by atoms with Gasteiger partial charge in [-0.25, -0.2) is 4.68 Å². The first-order chi connectivity index (χ1) is 11.1. The zero-order chi connectivity index (χ0) is 16.7. The van der Waals surface area contributed by atoms with E-state index in [0.717, 1.165) is 5.56 Å². The highest BCUT2D eigenvalue weighted by molar-refractivity contribution is 7.99. The van der Waals surface area contributed by atoms with Crippen molar-refractivity contribution >= 4 is 17.8 Å². The van der Waals surface area contributed by atoms with Crippen LogP contribution in [0.25, 0.3) is 6.08 Å². The monoisotopic (exact) mass is 336 g/mol. The number of thioether (sulfide) groups is 1. The third kappa shape index (κ3) is 4.97. The van der Waals surface area contributed by atoms with Crippen LogP contribution in [0.15, 0.2) is 29.4 Å². The van der Waals surface area contributed by atoms with Crippen LogP contribution in [0.5, 0.6) is 11.5 Å². The van der Waals surface area contributed by atoms with Crippen molar-refractivity contribution in [1.82, 2.24) is 20.2 Å². The molecule has 0 aliphatic carbocycles. The second-order valence-corrected chi connectivity index (χ2v) is 5.76. The fourth-order valence-electron chi connectivity index (χ4n) is 1.85. The van der Waals surface area contributed by atoms with E-state index in [1.807, 2.05) is 37.3 Å². The Labute approximate surface area is 139 Å². The molecule has 2 rings (SSSR count). The van der Waals surface area contributed by atoms with Gasteiger partial charge in [-0.3, -0.25) is 0 Å². The minimum Gasteiger partial charge on any atom is -0.493 e. The third-order valence-corrected chi connectivity index (χ3v) is 4.12. The van der Waals surface area contributed by atoms with Crippen LogP contribution in [-0.4, -0.2) is 50.9 Å². The summed E-state index contributed by atoms with van der Waals surface area (Å²) in [7, 11) is 3.34. The molecule has 0 radical (unpaired) electrons. The minimum absolute atomic E-state index is 0.164. The van der Waals surface area contributed by atoms with Gasteiger partial charge < -0.3 is 14.6 Å². The quantitative estimate of drug-likeness (QED) is 0.736. The molecule has 0 saturated heterocycles. The summed E-state index contributed by atoms with van der Waals surface area (Å²) in [5.41, 5.74) is 1.03. The molecule has 1 heterocycles. The Morgan fingerprint density at radius 2 is 2.22 bits per heavy atom. The molecule has 0 fully saturated rings. The number of nitrogens with zero attached hydrogens (tertiary/aromatic N) is 4.